The predicted molar refractivity (Wildman–Crippen MR) is 66.3 cm³/mol. The summed E-state index contributed by atoms with van der Waals surface area (Å²) in [4.78, 5) is 2.05. The highest BCUT2D eigenvalue weighted by Crippen LogP contribution is 2.38. The highest BCUT2D eigenvalue weighted by molar-refractivity contribution is 8.18. The average Bonchev–Trinajstić information content (AvgIpc) is 2.70. The molecule has 0 spiro atoms. The number of anilines is 1. The zero-order valence-corrected chi connectivity index (χ0v) is 9.76. The topological polar surface area (TPSA) is 43.7 Å². The molecule has 0 saturated carbocycles. The summed E-state index contributed by atoms with van der Waals surface area (Å²) in [5.41, 5.74) is 0.880. The van der Waals surface area contributed by atoms with Gasteiger partial charge in [-0.1, -0.05) is 11.8 Å². The first-order valence-corrected chi connectivity index (χ1v) is 6.60. The molecule has 5 heteroatoms. The smallest absolute Gasteiger partial charge is 0.159 e. The fourth-order valence-electron chi connectivity index (χ4n) is 1.35. The van der Waals surface area contributed by atoms with E-state index in [1.54, 1.807) is 35.7 Å². The summed E-state index contributed by atoms with van der Waals surface area (Å²) in [6.07, 6.45) is 4.01. The van der Waals surface area contributed by atoms with Gasteiger partial charge in [0, 0.05) is 18.0 Å². The Hall–Kier alpha value is -0.940. The Morgan fingerprint density at radius 2 is 2.13 bits per heavy atom. The van der Waals surface area contributed by atoms with E-state index in [1.807, 2.05) is 17.9 Å². The monoisotopic (exact) mass is 241 g/mol. The molecule has 1 atom stereocenters. The highest BCUT2D eigenvalue weighted by atomic mass is 32.2. The second kappa shape index (κ2) is 4.28. The third kappa shape index (κ3) is 2.03. The van der Waals surface area contributed by atoms with Crippen LogP contribution in [-0.4, -0.2) is 21.2 Å². The van der Waals surface area contributed by atoms with Gasteiger partial charge in [0.2, 0.25) is 0 Å². The molecule has 1 aliphatic rings. The Balaban J connectivity index is 2.29. The van der Waals surface area contributed by atoms with Crippen molar-refractivity contribution in [3.05, 3.63) is 29.8 Å². The molecule has 0 amide bonds. The Bertz CT molecular complexity index is 395. The third-order valence-electron chi connectivity index (χ3n) is 2.10. The minimum Gasteiger partial charge on any atom is -0.504 e. The number of benzene rings is 1. The number of phenols is 2. The van der Waals surface area contributed by atoms with Gasteiger partial charge in [-0.15, -0.1) is 11.8 Å². The van der Waals surface area contributed by atoms with Gasteiger partial charge in [-0.3, -0.25) is 0 Å². The number of hydrogen-bond donors (Lipinski definition) is 2. The van der Waals surface area contributed by atoms with Crippen molar-refractivity contribution in [3.63, 3.8) is 0 Å². The maximum atomic E-state index is 9.41. The van der Waals surface area contributed by atoms with Crippen LogP contribution in [0, 0.1) is 0 Å². The molecule has 1 aliphatic heterocycles. The molecule has 0 saturated heterocycles. The first-order valence-electron chi connectivity index (χ1n) is 4.37. The Morgan fingerprint density at radius 3 is 2.80 bits per heavy atom. The van der Waals surface area contributed by atoms with Gasteiger partial charge in [-0.2, -0.15) is 0 Å². The van der Waals surface area contributed by atoms with Gasteiger partial charge in [0.1, 0.15) is 4.71 Å². The van der Waals surface area contributed by atoms with E-state index in [9.17, 15) is 10.2 Å². The molecule has 0 aliphatic carbocycles. The van der Waals surface area contributed by atoms with Crippen molar-refractivity contribution in [2.24, 2.45) is 0 Å². The van der Waals surface area contributed by atoms with E-state index in [2.05, 4.69) is 4.90 Å². The maximum absolute atomic E-state index is 9.41. The lowest BCUT2D eigenvalue weighted by atomic mass is 10.2. The second-order valence-corrected chi connectivity index (χ2v) is 5.25. The van der Waals surface area contributed by atoms with E-state index in [1.165, 1.54) is 6.07 Å². The normalized spacial score (nSPS) is 19.8. The average molecular weight is 241 g/mol. The van der Waals surface area contributed by atoms with Gasteiger partial charge in [0.25, 0.3) is 0 Å². The molecule has 15 heavy (non-hydrogen) atoms. The van der Waals surface area contributed by atoms with E-state index in [4.69, 9.17) is 0 Å². The van der Waals surface area contributed by atoms with Crippen LogP contribution in [0.5, 0.6) is 11.5 Å². The fourth-order valence-corrected chi connectivity index (χ4v) is 3.07. The third-order valence-corrected chi connectivity index (χ3v) is 4.38. The summed E-state index contributed by atoms with van der Waals surface area (Å²) in [6.45, 7) is 0. The lowest BCUT2D eigenvalue weighted by molar-refractivity contribution is 0.404. The van der Waals surface area contributed by atoms with Crippen LogP contribution in [0.15, 0.2) is 29.8 Å². The van der Waals surface area contributed by atoms with Crippen molar-refractivity contribution in [2.45, 2.75) is 4.71 Å². The zero-order chi connectivity index (χ0) is 10.8. The molecule has 2 N–H and O–H groups in total. The van der Waals surface area contributed by atoms with E-state index >= 15 is 0 Å². The lowest BCUT2D eigenvalue weighted by Gasteiger charge is -2.23. The van der Waals surface area contributed by atoms with Crippen molar-refractivity contribution in [1.82, 2.24) is 0 Å². The van der Waals surface area contributed by atoms with Gasteiger partial charge in [-0.25, -0.2) is 0 Å². The van der Waals surface area contributed by atoms with Crippen LogP contribution in [0.2, 0.25) is 0 Å². The molecular formula is C10H11NO2S2. The highest BCUT2D eigenvalue weighted by Gasteiger charge is 2.20. The molecular weight excluding hydrogens is 230 g/mol. The molecule has 1 heterocycles. The van der Waals surface area contributed by atoms with E-state index < -0.39 is 0 Å². The van der Waals surface area contributed by atoms with Crippen LogP contribution < -0.4 is 4.90 Å². The van der Waals surface area contributed by atoms with Crippen molar-refractivity contribution >= 4 is 29.2 Å². The number of rotatable bonds is 2. The summed E-state index contributed by atoms with van der Waals surface area (Å²) in [6, 6.07) is 4.85. The molecule has 1 aromatic carbocycles. The predicted octanol–water partition coefficient (Wildman–Crippen LogP) is 2.77. The fraction of sp³-hybridized carbons (Fsp3) is 0.200. The van der Waals surface area contributed by atoms with Crippen molar-refractivity contribution < 1.29 is 10.2 Å². The Kier molecular flexibility index (Phi) is 3.02. The minimum absolute atomic E-state index is 0.0855. The van der Waals surface area contributed by atoms with Crippen LogP contribution in [0.4, 0.5) is 5.69 Å². The molecule has 80 valence electrons. The quantitative estimate of drug-likeness (QED) is 0.779. The summed E-state index contributed by atoms with van der Waals surface area (Å²) in [7, 11) is 0. The first-order chi connectivity index (χ1) is 7.22. The Labute approximate surface area is 96.8 Å². The van der Waals surface area contributed by atoms with E-state index in [0.717, 1.165) is 5.69 Å². The first kappa shape index (κ1) is 10.6. The van der Waals surface area contributed by atoms with Gasteiger partial charge < -0.3 is 15.1 Å². The molecule has 0 fully saturated rings. The number of nitrogens with zero attached hydrogens (tertiary/aromatic N) is 1. The number of thioether (sulfide) groups is 2. The van der Waals surface area contributed by atoms with Gasteiger partial charge in [0.15, 0.2) is 11.5 Å². The molecule has 0 bridgehead atoms. The molecule has 2 rings (SSSR count). The van der Waals surface area contributed by atoms with Crippen LogP contribution >= 0.6 is 23.5 Å². The number of phenolic OH excluding ortho intramolecular Hbond substituents is 2. The van der Waals surface area contributed by atoms with E-state index in [-0.39, 0.29) is 11.5 Å². The minimum atomic E-state index is -0.0877. The largest absolute Gasteiger partial charge is 0.504 e. The molecule has 0 aromatic heterocycles. The van der Waals surface area contributed by atoms with Crippen molar-refractivity contribution in [3.8, 4) is 11.5 Å². The van der Waals surface area contributed by atoms with Crippen LogP contribution in [0.3, 0.4) is 0 Å². The summed E-state index contributed by atoms with van der Waals surface area (Å²) >= 11 is 3.45. The number of hydrogen-bond acceptors (Lipinski definition) is 5. The van der Waals surface area contributed by atoms with E-state index in [0.29, 0.717) is 4.71 Å². The second-order valence-electron chi connectivity index (χ2n) is 3.04. The SMILES string of the molecule is CSC1SC=CN1c1ccc(O)c(O)c1. The zero-order valence-electron chi connectivity index (χ0n) is 8.12. The number of aromatic hydroxyl groups is 2. The van der Waals surface area contributed by atoms with Crippen LogP contribution in [0.1, 0.15) is 0 Å². The van der Waals surface area contributed by atoms with Crippen LogP contribution in [0.25, 0.3) is 0 Å². The maximum Gasteiger partial charge on any atom is 0.159 e. The molecule has 1 unspecified atom stereocenters. The van der Waals surface area contributed by atoms with Gasteiger partial charge in [0.05, 0.1) is 0 Å². The summed E-state index contributed by atoms with van der Waals surface area (Å²) < 4.78 is 0.300. The lowest BCUT2D eigenvalue weighted by Crippen LogP contribution is -2.20. The Morgan fingerprint density at radius 1 is 1.33 bits per heavy atom. The van der Waals surface area contributed by atoms with Crippen LogP contribution in [-0.2, 0) is 0 Å². The standard InChI is InChI=1S/C10H11NO2S2/c1-14-10-11(4-5-15-10)7-2-3-8(12)9(13)6-7/h2-6,10,12-13H,1H3. The molecule has 3 nitrogen and oxygen atoms in total. The van der Waals surface area contributed by atoms with Gasteiger partial charge >= 0.3 is 0 Å². The summed E-state index contributed by atoms with van der Waals surface area (Å²) in [5, 5.41) is 20.6. The summed E-state index contributed by atoms with van der Waals surface area (Å²) in [5.74, 6) is -0.173. The van der Waals surface area contributed by atoms with Crippen molar-refractivity contribution in [1.29, 1.82) is 0 Å². The molecule has 0 radical (unpaired) electrons. The van der Waals surface area contributed by atoms with Gasteiger partial charge in [-0.05, 0) is 23.8 Å². The van der Waals surface area contributed by atoms with Crippen molar-refractivity contribution in [2.75, 3.05) is 11.2 Å². The molecule has 1 aromatic rings.